The molecule has 0 fully saturated rings. The van der Waals surface area contributed by atoms with Crippen molar-refractivity contribution in [3.05, 3.63) is 76.2 Å². The lowest BCUT2D eigenvalue weighted by Crippen LogP contribution is -1.93. The number of benzene rings is 3. The molecule has 0 radical (unpaired) electrons. The molecule has 0 N–H and O–H groups in total. The highest BCUT2D eigenvalue weighted by molar-refractivity contribution is 7.71. The van der Waals surface area contributed by atoms with Gasteiger partial charge in [-0.1, -0.05) is 101 Å². The molecule has 1 heterocycles. The lowest BCUT2D eigenvalue weighted by Gasteiger charge is -2.10. The largest absolute Gasteiger partial charge is 0.441 e. The summed E-state index contributed by atoms with van der Waals surface area (Å²) in [5.74, 6) is -0.268. The first-order valence-corrected chi connectivity index (χ1v) is 13.3. The minimum Gasteiger partial charge on any atom is -0.441 e. The first-order chi connectivity index (χ1) is 16.6. The van der Waals surface area contributed by atoms with Crippen molar-refractivity contribution in [2.24, 2.45) is 0 Å². The number of unbranched alkanes of at least 4 members (excludes halogenated alkanes) is 6. The van der Waals surface area contributed by atoms with Crippen LogP contribution in [-0.2, 0) is 12.8 Å². The number of hydrogen-bond donors (Lipinski definition) is 0. The van der Waals surface area contributed by atoms with Crippen LogP contribution in [0.2, 0.25) is 0 Å². The molecule has 0 amide bonds. The zero-order chi connectivity index (χ0) is 23.9. The molecule has 4 aromatic rings. The monoisotopic (exact) mass is 474 g/mol. The van der Waals surface area contributed by atoms with Gasteiger partial charge in [-0.3, -0.25) is 0 Å². The zero-order valence-electron chi connectivity index (χ0n) is 20.5. The van der Waals surface area contributed by atoms with Gasteiger partial charge >= 0.3 is 0 Å². The predicted molar refractivity (Wildman–Crippen MR) is 146 cm³/mol. The molecular formula is C31H35FOS. The Hall–Kier alpha value is -2.52. The van der Waals surface area contributed by atoms with Crippen molar-refractivity contribution in [1.82, 2.24) is 0 Å². The predicted octanol–water partition coefficient (Wildman–Crippen LogP) is 10.4. The maximum Gasteiger partial charge on any atom is 0.198 e. The average Bonchev–Trinajstić information content (AvgIpc) is 2.86. The molecule has 0 bridgehead atoms. The quantitative estimate of drug-likeness (QED) is 0.122. The van der Waals surface area contributed by atoms with Crippen LogP contribution in [-0.4, -0.2) is 0 Å². The van der Waals surface area contributed by atoms with Gasteiger partial charge in [-0.15, -0.1) is 0 Å². The smallest absolute Gasteiger partial charge is 0.198 e. The maximum absolute atomic E-state index is 15.2. The Morgan fingerprint density at radius 2 is 1.32 bits per heavy atom. The van der Waals surface area contributed by atoms with E-state index in [0.717, 1.165) is 59.4 Å². The molecule has 4 rings (SSSR count). The summed E-state index contributed by atoms with van der Waals surface area (Å²) < 4.78 is 21.4. The van der Waals surface area contributed by atoms with E-state index in [2.05, 4.69) is 56.3 Å². The van der Waals surface area contributed by atoms with Crippen LogP contribution >= 0.6 is 12.2 Å². The standard InChI is InChI=1S/C31H35FOS/c1-3-5-7-8-10-11-22-13-15-23(16-14-22)25-18-19-26-27-20-17-24(12-9-6-4-2)29(32)30(27)33-31(34)28(26)21-25/h13-21H,3-12H2,1-2H3. The highest BCUT2D eigenvalue weighted by atomic mass is 32.1. The Kier molecular flexibility index (Phi) is 8.50. The van der Waals surface area contributed by atoms with Crippen LogP contribution in [0, 0.1) is 10.5 Å². The second-order valence-electron chi connectivity index (χ2n) is 9.38. The first-order valence-electron chi connectivity index (χ1n) is 12.9. The minimum absolute atomic E-state index is 0.268. The van der Waals surface area contributed by atoms with E-state index in [4.69, 9.17) is 16.6 Å². The van der Waals surface area contributed by atoms with Crippen molar-refractivity contribution < 1.29 is 8.81 Å². The SMILES string of the molecule is CCCCCCCc1ccc(-c2ccc3c(c2)c(=S)oc2c(F)c(CCCCC)ccc23)cc1. The summed E-state index contributed by atoms with van der Waals surface area (Å²) in [5, 5.41) is 2.58. The molecule has 0 aliphatic heterocycles. The van der Waals surface area contributed by atoms with Gasteiger partial charge in [-0.25, -0.2) is 4.39 Å². The van der Waals surface area contributed by atoms with Gasteiger partial charge in [0.05, 0.1) is 0 Å². The van der Waals surface area contributed by atoms with Crippen molar-refractivity contribution in [2.75, 3.05) is 0 Å². The van der Waals surface area contributed by atoms with Gasteiger partial charge in [-0.2, -0.15) is 0 Å². The highest BCUT2D eigenvalue weighted by Crippen LogP contribution is 2.33. The van der Waals surface area contributed by atoms with E-state index >= 15 is 4.39 Å². The molecule has 1 nitrogen and oxygen atoms in total. The zero-order valence-corrected chi connectivity index (χ0v) is 21.3. The van der Waals surface area contributed by atoms with Crippen LogP contribution < -0.4 is 0 Å². The van der Waals surface area contributed by atoms with Gasteiger partial charge in [0.1, 0.15) is 0 Å². The Morgan fingerprint density at radius 1 is 0.676 bits per heavy atom. The highest BCUT2D eigenvalue weighted by Gasteiger charge is 2.14. The second-order valence-corrected chi connectivity index (χ2v) is 9.75. The van der Waals surface area contributed by atoms with E-state index < -0.39 is 0 Å². The molecule has 34 heavy (non-hydrogen) atoms. The fourth-order valence-electron chi connectivity index (χ4n) is 4.74. The van der Waals surface area contributed by atoms with Crippen molar-refractivity contribution >= 4 is 34.0 Å². The van der Waals surface area contributed by atoms with E-state index in [1.165, 1.54) is 37.7 Å². The summed E-state index contributed by atoms with van der Waals surface area (Å²) in [4.78, 5) is 0. The number of halogens is 1. The number of rotatable bonds is 11. The van der Waals surface area contributed by atoms with Crippen LogP contribution in [0.5, 0.6) is 0 Å². The van der Waals surface area contributed by atoms with E-state index in [0.29, 0.717) is 10.3 Å². The van der Waals surface area contributed by atoms with E-state index in [1.54, 1.807) is 0 Å². The third kappa shape index (κ3) is 5.58. The molecule has 0 spiro atoms. The van der Waals surface area contributed by atoms with E-state index in [1.807, 2.05) is 12.1 Å². The van der Waals surface area contributed by atoms with Crippen molar-refractivity contribution in [3.63, 3.8) is 0 Å². The van der Waals surface area contributed by atoms with Gasteiger partial charge in [0.2, 0.25) is 0 Å². The molecule has 178 valence electrons. The van der Waals surface area contributed by atoms with Crippen molar-refractivity contribution in [1.29, 1.82) is 0 Å². The number of aryl methyl sites for hydroxylation is 2. The molecule has 0 saturated heterocycles. The molecule has 0 atom stereocenters. The fourth-order valence-corrected chi connectivity index (χ4v) is 4.99. The summed E-state index contributed by atoms with van der Waals surface area (Å²) in [6.07, 6.45) is 11.6. The van der Waals surface area contributed by atoms with Crippen molar-refractivity contribution in [2.45, 2.75) is 78.1 Å². The van der Waals surface area contributed by atoms with Crippen LogP contribution in [0.1, 0.15) is 76.3 Å². The molecule has 1 aromatic heterocycles. The molecule has 0 saturated carbocycles. The van der Waals surface area contributed by atoms with Gasteiger partial charge in [0, 0.05) is 10.8 Å². The lowest BCUT2D eigenvalue weighted by atomic mass is 9.97. The second kappa shape index (κ2) is 11.8. The maximum atomic E-state index is 15.2. The Bertz CT molecular complexity index is 1300. The summed E-state index contributed by atoms with van der Waals surface area (Å²) in [6.45, 7) is 4.40. The molecular weight excluding hydrogens is 439 g/mol. The normalized spacial score (nSPS) is 11.5. The first kappa shape index (κ1) is 24.6. The van der Waals surface area contributed by atoms with Gasteiger partial charge in [0.25, 0.3) is 0 Å². The van der Waals surface area contributed by atoms with Crippen LogP contribution in [0.4, 0.5) is 4.39 Å². The van der Waals surface area contributed by atoms with E-state index in [-0.39, 0.29) is 11.4 Å². The summed E-state index contributed by atoms with van der Waals surface area (Å²) in [5.41, 5.74) is 4.63. The fraction of sp³-hybridized carbons (Fsp3) is 0.387. The third-order valence-corrected chi connectivity index (χ3v) is 7.11. The Labute approximate surface area is 208 Å². The molecule has 3 aromatic carbocycles. The topological polar surface area (TPSA) is 13.1 Å². The number of hydrogen-bond acceptors (Lipinski definition) is 2. The van der Waals surface area contributed by atoms with Gasteiger partial charge in [-0.05, 0) is 71.6 Å². The molecule has 0 aliphatic carbocycles. The summed E-state index contributed by atoms with van der Waals surface area (Å²) >= 11 is 5.57. The van der Waals surface area contributed by atoms with Gasteiger partial charge < -0.3 is 4.42 Å². The number of fused-ring (bicyclic) bond motifs is 3. The molecule has 3 heteroatoms. The summed E-state index contributed by atoms with van der Waals surface area (Å²) in [6, 6.07) is 18.9. The van der Waals surface area contributed by atoms with Crippen LogP contribution in [0.25, 0.3) is 32.9 Å². The Balaban J connectivity index is 1.59. The summed E-state index contributed by atoms with van der Waals surface area (Å²) in [7, 11) is 0. The third-order valence-electron chi connectivity index (χ3n) is 6.81. The van der Waals surface area contributed by atoms with Crippen molar-refractivity contribution in [3.8, 4) is 11.1 Å². The van der Waals surface area contributed by atoms with E-state index in [9.17, 15) is 0 Å². The average molecular weight is 475 g/mol. The Morgan fingerprint density at radius 3 is 2.09 bits per heavy atom. The van der Waals surface area contributed by atoms with Crippen LogP contribution in [0.3, 0.4) is 0 Å². The molecule has 0 unspecified atom stereocenters. The van der Waals surface area contributed by atoms with Gasteiger partial charge in [0.15, 0.2) is 16.1 Å². The molecule has 0 aliphatic rings. The van der Waals surface area contributed by atoms with Crippen LogP contribution in [0.15, 0.2) is 59.0 Å². The lowest BCUT2D eigenvalue weighted by molar-refractivity contribution is 0.536. The minimum atomic E-state index is -0.268.